The minimum atomic E-state index is -1.05. The second kappa shape index (κ2) is 7.15. The molecule has 1 atom stereocenters. The van der Waals surface area contributed by atoms with Crippen LogP contribution in [0.2, 0.25) is 0 Å². The molecule has 0 amide bonds. The minimum Gasteiger partial charge on any atom is -0.453 e. The molecule has 0 radical (unpaired) electrons. The average molecular weight is 352 g/mol. The van der Waals surface area contributed by atoms with Crippen LogP contribution in [-0.2, 0) is 9.53 Å². The van der Waals surface area contributed by atoms with Crippen LogP contribution in [0.15, 0.2) is 35.8 Å². The third-order valence-corrected chi connectivity index (χ3v) is 4.37. The molecular weight excluding hydrogens is 340 g/mol. The molecule has 0 aliphatic rings. The number of hydrogen-bond donors (Lipinski definition) is 0. The lowest BCUT2D eigenvalue weighted by Crippen LogP contribution is -2.20. The van der Waals surface area contributed by atoms with Crippen molar-refractivity contribution < 1.29 is 14.3 Å². The maximum atomic E-state index is 12.2. The van der Waals surface area contributed by atoms with Crippen molar-refractivity contribution in [1.29, 1.82) is 5.26 Å². The Bertz CT molecular complexity index is 993. The summed E-state index contributed by atoms with van der Waals surface area (Å²) < 4.78 is 4.98. The van der Waals surface area contributed by atoms with Crippen molar-refractivity contribution >= 4 is 34.1 Å². The van der Waals surface area contributed by atoms with Crippen molar-refractivity contribution in [3.8, 4) is 6.07 Å². The fraction of sp³-hybridized carbons (Fsp3) is 0.176. The van der Waals surface area contributed by atoms with Crippen molar-refractivity contribution in [1.82, 2.24) is 15.0 Å². The predicted octanol–water partition coefficient (Wildman–Crippen LogP) is 2.43. The Balaban J connectivity index is 1.68. The van der Waals surface area contributed by atoms with Crippen LogP contribution in [0, 0.1) is 18.3 Å². The van der Waals surface area contributed by atoms with Gasteiger partial charge in [-0.1, -0.05) is 12.1 Å². The zero-order chi connectivity index (χ0) is 17.8. The Labute approximate surface area is 146 Å². The first-order valence-electron chi connectivity index (χ1n) is 7.31. The Kier molecular flexibility index (Phi) is 4.77. The van der Waals surface area contributed by atoms with E-state index in [1.54, 1.807) is 30.5 Å². The van der Waals surface area contributed by atoms with Crippen LogP contribution in [0.4, 0.5) is 0 Å². The van der Waals surface area contributed by atoms with E-state index in [2.05, 4.69) is 15.0 Å². The number of rotatable bonds is 5. The zero-order valence-corrected chi connectivity index (χ0v) is 14.0. The smallest absolute Gasteiger partial charge is 0.359 e. The topological polar surface area (TPSA) is 106 Å². The van der Waals surface area contributed by atoms with Gasteiger partial charge in [0.15, 0.2) is 24.0 Å². The van der Waals surface area contributed by atoms with Crippen LogP contribution in [-0.4, -0.2) is 33.3 Å². The number of Topliss-reactive ketones (excluding diaryl/α,β-unsaturated/α-hetero) is 1. The molecule has 0 saturated carbocycles. The molecule has 2 heterocycles. The highest BCUT2D eigenvalue weighted by Crippen LogP contribution is 2.21. The Morgan fingerprint density at radius 1 is 1.28 bits per heavy atom. The number of carbonyl (C=O) groups is 2. The van der Waals surface area contributed by atoms with Gasteiger partial charge in [-0.15, -0.1) is 11.3 Å². The first-order chi connectivity index (χ1) is 12.1. The van der Waals surface area contributed by atoms with Gasteiger partial charge in [0, 0.05) is 11.1 Å². The lowest BCUT2D eigenvalue weighted by molar-refractivity contribution is -0.122. The number of aromatic nitrogens is 3. The molecule has 25 heavy (non-hydrogen) atoms. The van der Waals surface area contributed by atoms with Crippen LogP contribution in [0.5, 0.6) is 0 Å². The Morgan fingerprint density at radius 2 is 2.04 bits per heavy atom. The summed E-state index contributed by atoms with van der Waals surface area (Å²) in [6.45, 7) is 1.25. The first-order valence-corrected chi connectivity index (χ1v) is 8.19. The van der Waals surface area contributed by atoms with Gasteiger partial charge in [-0.2, -0.15) is 5.26 Å². The van der Waals surface area contributed by atoms with Crippen LogP contribution >= 0.6 is 11.3 Å². The number of thiazole rings is 1. The molecule has 0 bridgehead atoms. The van der Waals surface area contributed by atoms with E-state index >= 15 is 0 Å². The lowest BCUT2D eigenvalue weighted by Gasteiger charge is -2.07. The number of ketones is 1. The molecule has 3 aromatic rings. The summed E-state index contributed by atoms with van der Waals surface area (Å²) in [6, 6.07) is 8.99. The molecule has 0 aliphatic carbocycles. The lowest BCUT2D eigenvalue weighted by atomic mass is 10.1. The van der Waals surface area contributed by atoms with Crippen LogP contribution in [0.1, 0.15) is 27.1 Å². The number of nitrogens with zero attached hydrogens (tertiary/aromatic N) is 4. The molecule has 0 aliphatic heterocycles. The van der Waals surface area contributed by atoms with E-state index in [1.165, 1.54) is 17.5 Å². The van der Waals surface area contributed by atoms with Crippen LogP contribution < -0.4 is 0 Å². The molecular formula is C17H12N4O3S. The SMILES string of the molecule is Cc1csc([C@@H](C#N)C(=O)COC(=O)c2cnc3ccccc3n2)n1. The first kappa shape index (κ1) is 16.7. The third kappa shape index (κ3) is 3.67. The van der Waals surface area contributed by atoms with Gasteiger partial charge in [0.05, 0.1) is 23.3 Å². The fourth-order valence-corrected chi connectivity index (χ4v) is 2.98. The summed E-state index contributed by atoms with van der Waals surface area (Å²) in [5.74, 6) is -2.34. The van der Waals surface area contributed by atoms with Gasteiger partial charge in [0.1, 0.15) is 5.01 Å². The van der Waals surface area contributed by atoms with E-state index in [0.717, 1.165) is 5.69 Å². The van der Waals surface area contributed by atoms with Gasteiger partial charge in [0.25, 0.3) is 0 Å². The Morgan fingerprint density at radius 3 is 2.72 bits per heavy atom. The number of para-hydroxylation sites is 2. The minimum absolute atomic E-state index is 0.00472. The summed E-state index contributed by atoms with van der Waals surface area (Å²) in [5, 5.41) is 11.3. The Hall–Kier alpha value is -3.18. The van der Waals surface area contributed by atoms with E-state index < -0.39 is 24.3 Å². The van der Waals surface area contributed by atoms with E-state index in [9.17, 15) is 14.9 Å². The van der Waals surface area contributed by atoms with Crippen LogP contribution in [0.3, 0.4) is 0 Å². The second-order valence-corrected chi connectivity index (χ2v) is 6.07. The summed E-state index contributed by atoms with van der Waals surface area (Å²) >= 11 is 1.23. The van der Waals surface area contributed by atoms with E-state index in [1.807, 2.05) is 12.1 Å². The van der Waals surface area contributed by atoms with E-state index in [0.29, 0.717) is 16.0 Å². The van der Waals surface area contributed by atoms with Crippen molar-refractivity contribution in [2.24, 2.45) is 0 Å². The molecule has 3 rings (SSSR count). The normalized spacial score (nSPS) is 11.7. The van der Waals surface area contributed by atoms with Gasteiger partial charge in [-0.25, -0.2) is 14.8 Å². The number of hydrogen-bond acceptors (Lipinski definition) is 8. The summed E-state index contributed by atoms with van der Waals surface area (Å²) in [4.78, 5) is 36.6. The zero-order valence-electron chi connectivity index (χ0n) is 13.2. The van der Waals surface area contributed by atoms with E-state index in [-0.39, 0.29) is 5.69 Å². The standard InChI is InChI=1S/C17H12N4O3S/c1-10-9-25-16(20-10)11(6-18)15(22)8-24-17(23)14-7-19-12-4-2-3-5-13(12)21-14/h2-5,7,9,11H,8H2,1H3/t11-/m0/s1. The number of esters is 1. The van der Waals surface area contributed by atoms with Gasteiger partial charge in [-0.3, -0.25) is 9.78 Å². The number of aryl methyl sites for hydroxylation is 1. The molecule has 7 nitrogen and oxygen atoms in total. The van der Waals surface area contributed by atoms with Gasteiger partial charge >= 0.3 is 5.97 Å². The monoisotopic (exact) mass is 352 g/mol. The predicted molar refractivity (Wildman–Crippen MR) is 90.0 cm³/mol. The highest BCUT2D eigenvalue weighted by molar-refractivity contribution is 7.09. The molecule has 0 N–H and O–H groups in total. The summed E-state index contributed by atoms with van der Waals surface area (Å²) in [7, 11) is 0. The van der Waals surface area contributed by atoms with Gasteiger partial charge in [-0.05, 0) is 19.1 Å². The highest BCUT2D eigenvalue weighted by atomic mass is 32.1. The van der Waals surface area contributed by atoms with Crippen molar-refractivity contribution in [2.75, 3.05) is 6.61 Å². The quantitative estimate of drug-likeness (QED) is 0.649. The summed E-state index contributed by atoms with van der Waals surface area (Å²) in [5.41, 5.74) is 1.94. The summed E-state index contributed by atoms with van der Waals surface area (Å²) in [6.07, 6.45) is 1.29. The number of nitriles is 1. The van der Waals surface area contributed by atoms with Crippen LogP contribution in [0.25, 0.3) is 11.0 Å². The van der Waals surface area contributed by atoms with Crippen molar-refractivity contribution in [2.45, 2.75) is 12.8 Å². The molecule has 0 fully saturated rings. The van der Waals surface area contributed by atoms with E-state index in [4.69, 9.17) is 4.74 Å². The second-order valence-electron chi connectivity index (χ2n) is 5.18. The molecule has 8 heteroatoms. The van der Waals surface area contributed by atoms with Gasteiger partial charge in [0.2, 0.25) is 0 Å². The molecule has 0 saturated heterocycles. The fourth-order valence-electron chi connectivity index (χ4n) is 2.12. The largest absolute Gasteiger partial charge is 0.453 e. The third-order valence-electron chi connectivity index (χ3n) is 3.34. The molecule has 0 spiro atoms. The number of fused-ring (bicyclic) bond motifs is 1. The highest BCUT2D eigenvalue weighted by Gasteiger charge is 2.25. The molecule has 0 unspecified atom stereocenters. The molecule has 1 aromatic carbocycles. The molecule has 2 aromatic heterocycles. The number of ether oxygens (including phenoxy) is 1. The van der Waals surface area contributed by atoms with Gasteiger partial charge < -0.3 is 4.74 Å². The number of carbonyl (C=O) groups excluding carboxylic acids is 2. The maximum Gasteiger partial charge on any atom is 0.359 e. The molecule has 124 valence electrons. The van der Waals surface area contributed by atoms with Crippen molar-refractivity contribution in [3.63, 3.8) is 0 Å². The van der Waals surface area contributed by atoms with Crippen molar-refractivity contribution in [3.05, 3.63) is 52.2 Å². The maximum absolute atomic E-state index is 12.2. The average Bonchev–Trinajstić information content (AvgIpc) is 3.05. The number of benzene rings is 1.